The van der Waals surface area contributed by atoms with Gasteiger partial charge in [-0.3, -0.25) is 9.69 Å². The lowest BCUT2D eigenvalue weighted by Crippen LogP contribution is -2.30. The summed E-state index contributed by atoms with van der Waals surface area (Å²) in [6.07, 6.45) is 5.42. The Morgan fingerprint density at radius 3 is 2.43 bits per heavy atom. The maximum Gasteiger partial charge on any atom is 0.335 e. The maximum absolute atomic E-state index is 12.9. The van der Waals surface area contributed by atoms with Gasteiger partial charge in [0.2, 0.25) is 0 Å². The molecule has 5 nitrogen and oxygen atoms in total. The van der Waals surface area contributed by atoms with Crippen molar-refractivity contribution in [3.63, 3.8) is 0 Å². The van der Waals surface area contributed by atoms with Gasteiger partial charge >= 0.3 is 5.97 Å². The van der Waals surface area contributed by atoms with E-state index in [0.29, 0.717) is 23.9 Å². The monoisotopic (exact) mass is 400 g/mol. The molecular formula is C22H25ClN2O3. The summed E-state index contributed by atoms with van der Waals surface area (Å²) < 4.78 is 1.86. The third-order valence-corrected chi connectivity index (χ3v) is 6.08. The van der Waals surface area contributed by atoms with Crippen LogP contribution in [0.15, 0.2) is 35.1 Å². The predicted molar refractivity (Wildman–Crippen MR) is 109 cm³/mol. The zero-order valence-electron chi connectivity index (χ0n) is 15.9. The minimum Gasteiger partial charge on any atom is -0.478 e. The lowest BCUT2D eigenvalue weighted by molar-refractivity contribution is 0.0697. The van der Waals surface area contributed by atoms with Gasteiger partial charge in [0.1, 0.15) is 5.02 Å². The summed E-state index contributed by atoms with van der Waals surface area (Å²) in [7, 11) is 0. The van der Waals surface area contributed by atoms with Crippen LogP contribution in [0.1, 0.15) is 58.8 Å². The number of carbonyl (C=O) groups is 1. The van der Waals surface area contributed by atoms with Crippen molar-refractivity contribution in [2.75, 3.05) is 13.1 Å². The summed E-state index contributed by atoms with van der Waals surface area (Å²) in [5.74, 6) is -0.406. The highest BCUT2D eigenvalue weighted by molar-refractivity contribution is 6.30. The number of rotatable bonds is 7. The summed E-state index contributed by atoms with van der Waals surface area (Å²) in [6, 6.07) is 8.76. The molecule has 1 aliphatic carbocycles. The Bertz CT molecular complexity index is 926. The third kappa shape index (κ3) is 4.15. The predicted octanol–water partition coefficient (Wildman–Crippen LogP) is 3.92. The smallest absolute Gasteiger partial charge is 0.335 e. The van der Waals surface area contributed by atoms with Crippen molar-refractivity contribution in [3.05, 3.63) is 68.1 Å². The lowest BCUT2D eigenvalue weighted by atomic mass is 10.1. The number of aromatic carboxylic acids is 1. The summed E-state index contributed by atoms with van der Waals surface area (Å²) >= 11 is 6.30. The standard InChI is InChI=1S/C22H25ClN2O3/c23-19-13-18(16-7-8-16)20(14-24-10-1-2-11-24)25(21(19)26)12-9-15-3-5-17(6-4-15)22(27)28/h3-6,13,16H,1-2,7-12,14H2,(H,27,28). The fraction of sp³-hybridized carbons (Fsp3) is 0.455. The minimum absolute atomic E-state index is 0.123. The molecule has 4 rings (SSSR count). The molecule has 0 atom stereocenters. The van der Waals surface area contributed by atoms with E-state index in [4.69, 9.17) is 16.7 Å². The van der Waals surface area contributed by atoms with Crippen LogP contribution in [-0.4, -0.2) is 33.6 Å². The van der Waals surface area contributed by atoms with Crippen LogP contribution >= 0.6 is 11.6 Å². The van der Waals surface area contributed by atoms with Crippen LogP contribution in [0.4, 0.5) is 0 Å². The maximum atomic E-state index is 12.9. The molecule has 1 aromatic heterocycles. The Morgan fingerprint density at radius 1 is 1.14 bits per heavy atom. The first-order valence-electron chi connectivity index (χ1n) is 9.99. The highest BCUT2D eigenvalue weighted by Gasteiger charge is 2.30. The molecule has 2 fully saturated rings. The van der Waals surface area contributed by atoms with Crippen molar-refractivity contribution in [2.24, 2.45) is 0 Å². The number of benzene rings is 1. The molecule has 0 spiro atoms. The fourth-order valence-electron chi connectivity index (χ4n) is 4.06. The highest BCUT2D eigenvalue weighted by Crippen LogP contribution is 2.42. The van der Waals surface area contributed by atoms with E-state index < -0.39 is 5.97 Å². The average molecular weight is 401 g/mol. The SMILES string of the molecule is O=C(O)c1ccc(CCn2c(CN3CCCC3)c(C3CC3)cc(Cl)c2=O)cc1. The number of carboxylic acids is 1. The summed E-state index contributed by atoms with van der Waals surface area (Å²) in [5, 5.41) is 9.35. The number of aromatic nitrogens is 1. The van der Waals surface area contributed by atoms with Gasteiger partial charge in [-0.2, -0.15) is 0 Å². The van der Waals surface area contributed by atoms with E-state index >= 15 is 0 Å². The van der Waals surface area contributed by atoms with E-state index in [1.807, 2.05) is 22.8 Å². The van der Waals surface area contributed by atoms with E-state index in [2.05, 4.69) is 4.90 Å². The Hall–Kier alpha value is -2.11. The molecule has 0 bridgehead atoms. The number of hydrogen-bond donors (Lipinski definition) is 1. The number of nitrogens with zero attached hydrogens (tertiary/aromatic N) is 2. The van der Waals surface area contributed by atoms with E-state index in [-0.39, 0.29) is 11.1 Å². The molecule has 0 radical (unpaired) electrons. The molecule has 0 amide bonds. The Morgan fingerprint density at radius 2 is 1.82 bits per heavy atom. The molecule has 2 heterocycles. The van der Waals surface area contributed by atoms with Crippen molar-refractivity contribution >= 4 is 17.6 Å². The molecular weight excluding hydrogens is 376 g/mol. The Kier molecular flexibility index (Phi) is 5.56. The van der Waals surface area contributed by atoms with Crippen LogP contribution < -0.4 is 5.56 Å². The van der Waals surface area contributed by atoms with E-state index in [1.165, 1.54) is 18.4 Å². The van der Waals surface area contributed by atoms with Crippen molar-refractivity contribution in [1.82, 2.24) is 9.47 Å². The van der Waals surface area contributed by atoms with Crippen LogP contribution in [0.5, 0.6) is 0 Å². The van der Waals surface area contributed by atoms with Crippen molar-refractivity contribution in [1.29, 1.82) is 0 Å². The van der Waals surface area contributed by atoms with E-state index in [0.717, 1.165) is 43.7 Å². The van der Waals surface area contributed by atoms with Crippen LogP contribution in [0.2, 0.25) is 5.02 Å². The second kappa shape index (κ2) is 8.10. The fourth-order valence-corrected chi connectivity index (χ4v) is 4.28. The first-order chi connectivity index (χ1) is 13.5. The quantitative estimate of drug-likeness (QED) is 0.765. The zero-order chi connectivity index (χ0) is 19.7. The Balaban J connectivity index is 1.62. The number of halogens is 1. The van der Waals surface area contributed by atoms with Gasteiger partial charge < -0.3 is 9.67 Å². The topological polar surface area (TPSA) is 62.5 Å². The van der Waals surface area contributed by atoms with Gasteiger partial charge in [-0.25, -0.2) is 4.79 Å². The number of carboxylic acid groups (broad SMARTS) is 1. The molecule has 1 saturated heterocycles. The molecule has 2 aliphatic rings. The molecule has 1 aromatic carbocycles. The highest BCUT2D eigenvalue weighted by atomic mass is 35.5. The van der Waals surface area contributed by atoms with Crippen molar-refractivity contribution < 1.29 is 9.90 Å². The van der Waals surface area contributed by atoms with Crippen molar-refractivity contribution in [3.8, 4) is 0 Å². The molecule has 6 heteroatoms. The first kappa shape index (κ1) is 19.2. The molecule has 0 unspecified atom stereocenters. The van der Waals surface area contributed by atoms with Gasteiger partial charge in [0.25, 0.3) is 5.56 Å². The van der Waals surface area contributed by atoms with E-state index in [9.17, 15) is 9.59 Å². The van der Waals surface area contributed by atoms with Gasteiger partial charge in [-0.05, 0) is 80.4 Å². The van der Waals surface area contributed by atoms with Crippen LogP contribution in [-0.2, 0) is 19.5 Å². The number of aryl methyl sites for hydroxylation is 1. The van der Waals surface area contributed by atoms with Gasteiger partial charge in [0, 0.05) is 18.8 Å². The molecule has 148 valence electrons. The first-order valence-corrected chi connectivity index (χ1v) is 10.4. The van der Waals surface area contributed by atoms with Gasteiger partial charge in [-0.1, -0.05) is 23.7 Å². The van der Waals surface area contributed by atoms with Gasteiger partial charge in [0.15, 0.2) is 0 Å². The van der Waals surface area contributed by atoms with Gasteiger partial charge in [0.05, 0.1) is 5.56 Å². The number of likely N-dealkylation sites (tertiary alicyclic amines) is 1. The van der Waals surface area contributed by atoms with E-state index in [1.54, 1.807) is 12.1 Å². The summed E-state index contributed by atoms with van der Waals surface area (Å²) in [5.41, 5.74) is 3.51. The average Bonchev–Trinajstić information content (AvgIpc) is 3.40. The molecule has 2 aromatic rings. The summed E-state index contributed by atoms with van der Waals surface area (Å²) in [4.78, 5) is 26.3. The molecule has 1 saturated carbocycles. The molecule has 28 heavy (non-hydrogen) atoms. The van der Waals surface area contributed by atoms with Crippen LogP contribution in [0.25, 0.3) is 0 Å². The van der Waals surface area contributed by atoms with Crippen LogP contribution in [0.3, 0.4) is 0 Å². The summed E-state index contributed by atoms with van der Waals surface area (Å²) in [6.45, 7) is 3.51. The minimum atomic E-state index is -0.931. The lowest BCUT2D eigenvalue weighted by Gasteiger charge is -2.22. The third-order valence-electron chi connectivity index (χ3n) is 5.80. The van der Waals surface area contributed by atoms with Crippen LogP contribution in [0, 0.1) is 0 Å². The number of hydrogen-bond acceptors (Lipinski definition) is 3. The largest absolute Gasteiger partial charge is 0.478 e. The normalized spacial score (nSPS) is 17.2. The van der Waals surface area contributed by atoms with Gasteiger partial charge in [-0.15, -0.1) is 0 Å². The molecule has 1 aliphatic heterocycles. The second-order valence-electron chi connectivity index (χ2n) is 7.86. The zero-order valence-corrected chi connectivity index (χ0v) is 16.6. The molecule has 1 N–H and O–H groups in total. The Labute approximate surface area is 169 Å². The second-order valence-corrected chi connectivity index (χ2v) is 8.27. The van der Waals surface area contributed by atoms with Crippen molar-refractivity contribution in [2.45, 2.75) is 51.1 Å². The number of pyridine rings is 1.